The van der Waals surface area contributed by atoms with Crippen LogP contribution in [0.25, 0.3) is 0 Å². The van der Waals surface area contributed by atoms with Crippen molar-refractivity contribution < 1.29 is 8.42 Å². The Labute approximate surface area is 127 Å². The number of terminal acetylenes is 1. The Morgan fingerprint density at radius 2 is 2.24 bits per heavy atom. The summed E-state index contributed by atoms with van der Waals surface area (Å²) < 4.78 is 25.2. The van der Waals surface area contributed by atoms with E-state index in [0.29, 0.717) is 13.0 Å². The van der Waals surface area contributed by atoms with Crippen LogP contribution in [0.2, 0.25) is 0 Å². The minimum atomic E-state index is -2.90. The topological polar surface area (TPSA) is 64.0 Å². The molecule has 2 heterocycles. The van der Waals surface area contributed by atoms with Gasteiger partial charge in [-0.1, -0.05) is 12.8 Å². The van der Waals surface area contributed by atoms with Gasteiger partial charge >= 0.3 is 0 Å². The molecule has 1 N–H and O–H groups in total. The van der Waals surface area contributed by atoms with Gasteiger partial charge in [0.1, 0.15) is 0 Å². The van der Waals surface area contributed by atoms with Crippen molar-refractivity contribution in [3.05, 3.63) is 17.0 Å². The van der Waals surface area contributed by atoms with Crippen molar-refractivity contribution in [1.82, 2.24) is 15.1 Å². The molecule has 1 aromatic heterocycles. The fraction of sp³-hybridized carbons (Fsp3) is 0.667. The maximum absolute atomic E-state index is 11.6. The number of nitrogens with zero attached hydrogens (tertiary/aromatic N) is 2. The number of aryl methyl sites for hydroxylation is 1. The second-order valence-corrected chi connectivity index (χ2v) is 7.89. The Balaban J connectivity index is 2.17. The summed E-state index contributed by atoms with van der Waals surface area (Å²) >= 11 is 0. The van der Waals surface area contributed by atoms with E-state index in [1.165, 1.54) is 0 Å². The average molecular weight is 309 g/mol. The van der Waals surface area contributed by atoms with Crippen molar-refractivity contribution in [2.24, 2.45) is 0 Å². The maximum atomic E-state index is 11.6. The highest BCUT2D eigenvalue weighted by molar-refractivity contribution is 7.91. The van der Waals surface area contributed by atoms with Crippen LogP contribution in [0.1, 0.15) is 42.8 Å². The molecule has 1 aromatic rings. The van der Waals surface area contributed by atoms with E-state index in [4.69, 9.17) is 6.42 Å². The highest BCUT2D eigenvalue weighted by atomic mass is 32.2. The van der Waals surface area contributed by atoms with E-state index in [0.717, 1.165) is 23.4 Å². The normalized spacial score (nSPS) is 22.1. The standard InChI is InChI=1S/C15H23N3O2S/c1-5-13(6-2)16-9-15-11(3)17-18(12(15)4)14-7-8-21(19,20)10-14/h1,13-14,16H,6-10H2,2-4H3. The van der Waals surface area contributed by atoms with Gasteiger partial charge in [0, 0.05) is 17.8 Å². The van der Waals surface area contributed by atoms with E-state index < -0.39 is 9.84 Å². The number of hydrogen-bond acceptors (Lipinski definition) is 4. The molecule has 2 rings (SSSR count). The Morgan fingerprint density at radius 3 is 2.76 bits per heavy atom. The van der Waals surface area contributed by atoms with Crippen LogP contribution in [-0.4, -0.2) is 35.7 Å². The summed E-state index contributed by atoms with van der Waals surface area (Å²) in [5, 5.41) is 7.88. The Kier molecular flexibility index (Phi) is 4.74. The fourth-order valence-corrected chi connectivity index (χ4v) is 4.51. The predicted octanol–water partition coefficient (Wildman–Crippen LogP) is 1.36. The first kappa shape index (κ1) is 16.1. The molecule has 2 unspecified atom stereocenters. The largest absolute Gasteiger partial charge is 0.299 e. The monoisotopic (exact) mass is 309 g/mol. The maximum Gasteiger partial charge on any atom is 0.152 e. The molecule has 0 aromatic carbocycles. The molecule has 1 aliphatic rings. The molecule has 0 spiro atoms. The number of hydrogen-bond donors (Lipinski definition) is 1. The van der Waals surface area contributed by atoms with Crippen molar-refractivity contribution in [3.8, 4) is 12.3 Å². The molecular formula is C15H23N3O2S. The summed E-state index contributed by atoms with van der Waals surface area (Å²) in [6.45, 7) is 6.67. The minimum absolute atomic E-state index is 0.0305. The summed E-state index contributed by atoms with van der Waals surface area (Å²) in [4.78, 5) is 0. The van der Waals surface area contributed by atoms with E-state index in [-0.39, 0.29) is 23.6 Å². The number of rotatable bonds is 5. The number of sulfone groups is 1. The molecule has 0 amide bonds. The van der Waals surface area contributed by atoms with E-state index >= 15 is 0 Å². The Bertz CT molecular complexity index is 655. The third-order valence-corrected chi connectivity index (χ3v) is 5.91. The summed E-state index contributed by atoms with van der Waals surface area (Å²) in [6, 6.07) is 0.0241. The van der Waals surface area contributed by atoms with Crippen LogP contribution in [0, 0.1) is 26.2 Å². The van der Waals surface area contributed by atoms with E-state index in [1.54, 1.807) is 0 Å². The lowest BCUT2D eigenvalue weighted by atomic mass is 10.1. The van der Waals surface area contributed by atoms with Gasteiger partial charge in [-0.25, -0.2) is 8.42 Å². The van der Waals surface area contributed by atoms with Gasteiger partial charge in [-0.15, -0.1) is 6.42 Å². The summed E-state index contributed by atoms with van der Waals surface area (Å²) in [6.07, 6.45) is 6.99. The molecule has 1 fully saturated rings. The highest BCUT2D eigenvalue weighted by Crippen LogP contribution is 2.26. The fourth-order valence-electron chi connectivity index (χ4n) is 2.82. The first-order valence-corrected chi connectivity index (χ1v) is 9.14. The van der Waals surface area contributed by atoms with Crippen LogP contribution >= 0.6 is 0 Å². The number of aromatic nitrogens is 2. The first-order chi connectivity index (χ1) is 9.88. The lowest BCUT2D eigenvalue weighted by Crippen LogP contribution is -2.26. The van der Waals surface area contributed by atoms with Crippen molar-refractivity contribution >= 4 is 9.84 Å². The van der Waals surface area contributed by atoms with Gasteiger partial charge in [-0.05, 0) is 26.7 Å². The zero-order chi connectivity index (χ0) is 15.6. The zero-order valence-electron chi connectivity index (χ0n) is 12.9. The predicted molar refractivity (Wildman–Crippen MR) is 83.8 cm³/mol. The molecule has 0 bridgehead atoms. The van der Waals surface area contributed by atoms with Crippen molar-refractivity contribution in [2.75, 3.05) is 11.5 Å². The van der Waals surface area contributed by atoms with Crippen LogP contribution < -0.4 is 5.32 Å². The van der Waals surface area contributed by atoms with Crippen molar-refractivity contribution in [3.63, 3.8) is 0 Å². The first-order valence-electron chi connectivity index (χ1n) is 7.32. The molecule has 1 saturated heterocycles. The quantitative estimate of drug-likeness (QED) is 0.834. The van der Waals surface area contributed by atoms with Gasteiger partial charge in [0.2, 0.25) is 0 Å². The molecule has 0 saturated carbocycles. The van der Waals surface area contributed by atoms with Crippen LogP contribution in [0.5, 0.6) is 0 Å². The second kappa shape index (κ2) is 6.20. The lowest BCUT2D eigenvalue weighted by Gasteiger charge is -2.13. The smallest absolute Gasteiger partial charge is 0.152 e. The molecule has 1 aliphatic heterocycles. The molecule has 6 heteroatoms. The molecule has 5 nitrogen and oxygen atoms in total. The third-order valence-electron chi connectivity index (χ3n) is 4.16. The van der Waals surface area contributed by atoms with E-state index in [1.807, 2.05) is 25.5 Å². The Morgan fingerprint density at radius 1 is 1.52 bits per heavy atom. The molecule has 116 valence electrons. The second-order valence-electron chi connectivity index (χ2n) is 5.66. The average Bonchev–Trinajstić information content (AvgIpc) is 2.92. The molecule has 2 atom stereocenters. The minimum Gasteiger partial charge on any atom is -0.299 e. The summed E-state index contributed by atoms with van der Waals surface area (Å²) in [7, 11) is -2.90. The zero-order valence-corrected chi connectivity index (χ0v) is 13.7. The molecule has 21 heavy (non-hydrogen) atoms. The van der Waals surface area contributed by atoms with E-state index in [2.05, 4.69) is 16.3 Å². The highest BCUT2D eigenvalue weighted by Gasteiger charge is 2.31. The Hall–Kier alpha value is -1.32. The van der Waals surface area contributed by atoms with E-state index in [9.17, 15) is 8.42 Å². The van der Waals surface area contributed by atoms with Crippen LogP contribution in [0.15, 0.2) is 0 Å². The lowest BCUT2D eigenvalue weighted by molar-refractivity contribution is 0.484. The van der Waals surface area contributed by atoms with Gasteiger partial charge in [0.25, 0.3) is 0 Å². The molecule has 0 aliphatic carbocycles. The summed E-state index contributed by atoms with van der Waals surface area (Å²) in [5.41, 5.74) is 3.10. The molecule has 0 radical (unpaired) electrons. The van der Waals surface area contributed by atoms with Gasteiger partial charge in [-0.2, -0.15) is 5.10 Å². The van der Waals surface area contributed by atoms with Gasteiger partial charge in [0.05, 0.1) is 29.3 Å². The van der Waals surface area contributed by atoms with Gasteiger partial charge in [-0.3, -0.25) is 10.00 Å². The van der Waals surface area contributed by atoms with Crippen molar-refractivity contribution in [1.29, 1.82) is 0 Å². The van der Waals surface area contributed by atoms with Crippen LogP contribution in [-0.2, 0) is 16.4 Å². The van der Waals surface area contributed by atoms with Crippen molar-refractivity contribution in [2.45, 2.75) is 52.2 Å². The van der Waals surface area contributed by atoms with Gasteiger partial charge in [0.15, 0.2) is 9.84 Å². The SMILES string of the molecule is C#CC(CC)NCc1c(C)nn(C2CCS(=O)(=O)C2)c1C. The van der Waals surface area contributed by atoms with Crippen LogP contribution in [0.3, 0.4) is 0 Å². The van der Waals surface area contributed by atoms with Crippen LogP contribution in [0.4, 0.5) is 0 Å². The third kappa shape index (κ3) is 3.47. The number of nitrogens with one attached hydrogen (secondary N) is 1. The summed E-state index contributed by atoms with van der Waals surface area (Å²) in [5.74, 6) is 3.18. The molecular weight excluding hydrogens is 286 g/mol. The van der Waals surface area contributed by atoms with Gasteiger partial charge < -0.3 is 0 Å².